The van der Waals surface area contributed by atoms with Crippen LogP contribution in [-0.4, -0.2) is 29.2 Å². The summed E-state index contributed by atoms with van der Waals surface area (Å²) in [6, 6.07) is 0.272. The van der Waals surface area contributed by atoms with Crippen LogP contribution in [0.3, 0.4) is 0 Å². The van der Waals surface area contributed by atoms with E-state index in [0.29, 0.717) is 5.70 Å². The molecular weight excluding hydrogens is 192 g/mol. The summed E-state index contributed by atoms with van der Waals surface area (Å²) in [6.45, 7) is 4.43. The number of nitrogens with zero attached hydrogens (tertiary/aromatic N) is 1. The Balaban J connectivity index is 2.48. The largest absolute Gasteiger partial charge is 0.402 e. The van der Waals surface area contributed by atoms with Crippen molar-refractivity contribution in [1.82, 2.24) is 4.90 Å². The average molecular weight is 210 g/mol. The molecule has 1 aliphatic heterocycles. The summed E-state index contributed by atoms with van der Waals surface area (Å²) in [7, 11) is 0. The Bertz CT molecular complexity index is 293. The molecule has 1 aliphatic rings. The molecule has 0 spiro atoms. The standard InChI is InChI=1S/C11H18N2O2/c1-8(12)6-10(14)7-11(15)13-5-3-4-9(13)2/h6,9H,3-5,7,12H2,1-2H3. The maximum Gasteiger partial charge on any atom is 0.230 e. The lowest BCUT2D eigenvalue weighted by Crippen LogP contribution is -2.34. The normalized spacial score (nSPS) is 21.9. The number of hydrogen-bond donors (Lipinski definition) is 1. The Morgan fingerprint density at radius 3 is 2.67 bits per heavy atom. The highest BCUT2D eigenvalue weighted by Gasteiger charge is 2.25. The zero-order valence-electron chi connectivity index (χ0n) is 9.32. The van der Waals surface area contributed by atoms with E-state index in [0.717, 1.165) is 19.4 Å². The van der Waals surface area contributed by atoms with Crippen LogP contribution in [0.4, 0.5) is 0 Å². The first kappa shape index (κ1) is 11.8. The summed E-state index contributed by atoms with van der Waals surface area (Å²) >= 11 is 0. The van der Waals surface area contributed by atoms with Crippen molar-refractivity contribution >= 4 is 11.7 Å². The first-order valence-electron chi connectivity index (χ1n) is 5.27. The van der Waals surface area contributed by atoms with Crippen molar-refractivity contribution in [3.8, 4) is 0 Å². The number of hydrogen-bond acceptors (Lipinski definition) is 3. The van der Waals surface area contributed by atoms with E-state index in [-0.39, 0.29) is 24.2 Å². The molecule has 0 aliphatic carbocycles. The second-order valence-electron chi connectivity index (χ2n) is 4.11. The molecule has 1 atom stereocenters. The van der Waals surface area contributed by atoms with Gasteiger partial charge in [0, 0.05) is 24.4 Å². The van der Waals surface area contributed by atoms with Gasteiger partial charge in [-0.25, -0.2) is 0 Å². The highest BCUT2D eigenvalue weighted by atomic mass is 16.2. The molecule has 0 aromatic rings. The molecule has 1 fully saturated rings. The molecule has 0 bridgehead atoms. The van der Waals surface area contributed by atoms with Crippen molar-refractivity contribution in [3.05, 3.63) is 11.8 Å². The quantitative estimate of drug-likeness (QED) is 0.554. The molecule has 2 N–H and O–H groups in total. The van der Waals surface area contributed by atoms with Gasteiger partial charge < -0.3 is 10.6 Å². The van der Waals surface area contributed by atoms with Crippen molar-refractivity contribution in [2.75, 3.05) is 6.54 Å². The lowest BCUT2D eigenvalue weighted by atomic mass is 10.2. The van der Waals surface area contributed by atoms with Crippen LogP contribution >= 0.6 is 0 Å². The van der Waals surface area contributed by atoms with E-state index in [4.69, 9.17) is 5.73 Å². The van der Waals surface area contributed by atoms with Crippen LogP contribution in [0, 0.1) is 0 Å². The number of carbonyl (C=O) groups excluding carboxylic acids is 2. The molecule has 0 radical (unpaired) electrons. The van der Waals surface area contributed by atoms with Gasteiger partial charge in [-0.15, -0.1) is 0 Å². The van der Waals surface area contributed by atoms with Crippen LogP contribution in [-0.2, 0) is 9.59 Å². The predicted octanol–water partition coefficient (Wildman–Crippen LogP) is 0.819. The average Bonchev–Trinajstić information content (AvgIpc) is 2.49. The molecule has 1 unspecified atom stereocenters. The Kier molecular flexibility index (Phi) is 3.88. The topological polar surface area (TPSA) is 63.4 Å². The van der Waals surface area contributed by atoms with E-state index in [2.05, 4.69) is 0 Å². The van der Waals surface area contributed by atoms with Crippen LogP contribution in [0.1, 0.15) is 33.1 Å². The summed E-state index contributed by atoms with van der Waals surface area (Å²) in [5, 5.41) is 0. The number of likely N-dealkylation sites (tertiary alicyclic amines) is 1. The van der Waals surface area contributed by atoms with Crippen molar-refractivity contribution in [2.24, 2.45) is 5.73 Å². The summed E-state index contributed by atoms with van der Waals surface area (Å²) < 4.78 is 0. The Morgan fingerprint density at radius 2 is 2.20 bits per heavy atom. The zero-order chi connectivity index (χ0) is 11.4. The third-order valence-corrected chi connectivity index (χ3v) is 2.59. The lowest BCUT2D eigenvalue weighted by molar-refractivity contribution is -0.134. The van der Waals surface area contributed by atoms with Gasteiger partial charge in [-0.05, 0) is 26.7 Å². The molecule has 1 amide bonds. The number of amides is 1. The SMILES string of the molecule is CC(N)=CC(=O)CC(=O)N1CCCC1C. The van der Waals surface area contributed by atoms with E-state index in [1.54, 1.807) is 11.8 Å². The third-order valence-electron chi connectivity index (χ3n) is 2.59. The molecule has 1 saturated heterocycles. The lowest BCUT2D eigenvalue weighted by Gasteiger charge is -2.20. The van der Waals surface area contributed by atoms with E-state index in [9.17, 15) is 9.59 Å². The predicted molar refractivity (Wildman–Crippen MR) is 58.0 cm³/mol. The van der Waals surface area contributed by atoms with Crippen LogP contribution < -0.4 is 5.73 Å². The van der Waals surface area contributed by atoms with Gasteiger partial charge in [-0.1, -0.05) is 0 Å². The maximum atomic E-state index is 11.7. The molecule has 0 aromatic heterocycles. The first-order valence-corrected chi connectivity index (χ1v) is 5.27. The van der Waals surface area contributed by atoms with Gasteiger partial charge in [0.15, 0.2) is 5.78 Å². The summed E-state index contributed by atoms with van der Waals surface area (Å²) in [4.78, 5) is 24.8. The van der Waals surface area contributed by atoms with Gasteiger partial charge in [0.1, 0.15) is 0 Å². The van der Waals surface area contributed by atoms with E-state index in [1.807, 2.05) is 6.92 Å². The Morgan fingerprint density at radius 1 is 1.53 bits per heavy atom. The number of ketones is 1. The second-order valence-corrected chi connectivity index (χ2v) is 4.11. The van der Waals surface area contributed by atoms with Gasteiger partial charge in [-0.3, -0.25) is 9.59 Å². The summed E-state index contributed by atoms with van der Waals surface area (Å²) in [6.07, 6.45) is 3.33. The number of rotatable bonds is 3. The molecule has 84 valence electrons. The highest BCUT2D eigenvalue weighted by molar-refractivity contribution is 6.04. The van der Waals surface area contributed by atoms with Crippen LogP contribution in [0.25, 0.3) is 0 Å². The number of allylic oxidation sites excluding steroid dienone is 2. The molecule has 0 aromatic carbocycles. The Hall–Kier alpha value is -1.32. The van der Waals surface area contributed by atoms with Crippen LogP contribution in [0.2, 0.25) is 0 Å². The Labute approximate surface area is 90.1 Å². The van der Waals surface area contributed by atoms with Crippen molar-refractivity contribution < 1.29 is 9.59 Å². The number of carbonyl (C=O) groups is 2. The van der Waals surface area contributed by atoms with E-state index >= 15 is 0 Å². The van der Waals surface area contributed by atoms with E-state index in [1.165, 1.54) is 6.08 Å². The zero-order valence-corrected chi connectivity index (χ0v) is 9.32. The fourth-order valence-corrected chi connectivity index (χ4v) is 1.86. The minimum absolute atomic E-state index is 0.0567. The molecule has 4 heteroatoms. The van der Waals surface area contributed by atoms with Crippen molar-refractivity contribution in [2.45, 2.75) is 39.2 Å². The molecule has 1 heterocycles. The summed E-state index contributed by atoms with van der Waals surface area (Å²) in [5.41, 5.74) is 5.81. The fraction of sp³-hybridized carbons (Fsp3) is 0.636. The molecular formula is C11H18N2O2. The van der Waals surface area contributed by atoms with E-state index < -0.39 is 0 Å². The first-order chi connectivity index (χ1) is 7.00. The molecule has 15 heavy (non-hydrogen) atoms. The van der Waals surface area contributed by atoms with Gasteiger partial charge in [0.25, 0.3) is 0 Å². The van der Waals surface area contributed by atoms with Gasteiger partial charge in [-0.2, -0.15) is 0 Å². The number of nitrogens with two attached hydrogens (primary N) is 1. The van der Waals surface area contributed by atoms with Gasteiger partial charge in [0.2, 0.25) is 5.91 Å². The fourth-order valence-electron chi connectivity index (χ4n) is 1.86. The summed E-state index contributed by atoms with van der Waals surface area (Å²) in [5.74, 6) is -0.290. The second kappa shape index (κ2) is 4.96. The minimum atomic E-state index is -0.209. The third kappa shape index (κ3) is 3.38. The smallest absolute Gasteiger partial charge is 0.230 e. The minimum Gasteiger partial charge on any atom is -0.402 e. The molecule has 1 rings (SSSR count). The maximum absolute atomic E-state index is 11.7. The van der Waals surface area contributed by atoms with Gasteiger partial charge in [0.05, 0.1) is 6.42 Å². The van der Waals surface area contributed by atoms with Crippen molar-refractivity contribution in [3.63, 3.8) is 0 Å². The van der Waals surface area contributed by atoms with Crippen LogP contribution in [0.15, 0.2) is 11.8 Å². The molecule has 4 nitrogen and oxygen atoms in total. The molecule has 0 saturated carbocycles. The van der Waals surface area contributed by atoms with Crippen molar-refractivity contribution in [1.29, 1.82) is 0 Å². The van der Waals surface area contributed by atoms with Gasteiger partial charge >= 0.3 is 0 Å². The highest BCUT2D eigenvalue weighted by Crippen LogP contribution is 2.17. The monoisotopic (exact) mass is 210 g/mol. The van der Waals surface area contributed by atoms with Crippen LogP contribution in [0.5, 0.6) is 0 Å².